The lowest BCUT2D eigenvalue weighted by atomic mass is 10.2. The fourth-order valence-electron chi connectivity index (χ4n) is 1.53. The van der Waals surface area contributed by atoms with Crippen LogP contribution in [0.5, 0.6) is 0 Å². The van der Waals surface area contributed by atoms with Gasteiger partial charge in [-0.15, -0.1) is 0 Å². The van der Waals surface area contributed by atoms with Crippen LogP contribution in [0.1, 0.15) is 5.56 Å². The fraction of sp³-hybridized carbons (Fsp3) is 0.182. The van der Waals surface area contributed by atoms with Crippen molar-refractivity contribution in [2.75, 3.05) is 11.1 Å². The fourth-order valence-corrected chi connectivity index (χ4v) is 1.53. The number of nitrogens with two attached hydrogens (primary N) is 1. The molecule has 0 unspecified atom stereocenters. The molecule has 0 aliphatic carbocycles. The third kappa shape index (κ3) is 2.40. The van der Waals surface area contributed by atoms with E-state index >= 15 is 0 Å². The molecule has 3 N–H and O–H groups in total. The molecule has 0 saturated heterocycles. The number of nitrogens with zero attached hydrogens (tertiary/aromatic N) is 3. The Morgan fingerprint density at radius 3 is 2.61 bits per heavy atom. The summed E-state index contributed by atoms with van der Waals surface area (Å²) >= 11 is 0. The maximum atomic E-state index is 10.5. The van der Waals surface area contributed by atoms with E-state index in [2.05, 4.69) is 10.4 Å². The van der Waals surface area contributed by atoms with Crippen LogP contribution in [0.3, 0.4) is 0 Å². The minimum Gasteiger partial charge on any atom is -0.384 e. The van der Waals surface area contributed by atoms with Gasteiger partial charge in [0.15, 0.2) is 0 Å². The lowest BCUT2D eigenvalue weighted by Gasteiger charge is -2.05. The number of nitrogen functional groups attached to an aromatic ring is 1. The molecule has 0 fully saturated rings. The van der Waals surface area contributed by atoms with Gasteiger partial charge in [-0.3, -0.25) is 14.8 Å². The van der Waals surface area contributed by atoms with Crippen LogP contribution in [-0.2, 0) is 13.6 Å². The van der Waals surface area contributed by atoms with Crippen LogP contribution in [0.15, 0.2) is 30.5 Å². The molecular weight excluding hydrogens is 234 g/mol. The van der Waals surface area contributed by atoms with Crippen molar-refractivity contribution < 1.29 is 4.92 Å². The molecule has 0 saturated carbocycles. The summed E-state index contributed by atoms with van der Waals surface area (Å²) in [6.45, 7) is 0.525. The predicted molar refractivity (Wildman–Crippen MR) is 68.0 cm³/mol. The van der Waals surface area contributed by atoms with Crippen molar-refractivity contribution in [3.05, 3.63) is 46.1 Å². The lowest BCUT2D eigenvalue weighted by molar-refractivity contribution is -0.384. The second-order valence-corrected chi connectivity index (χ2v) is 3.84. The Hall–Kier alpha value is -2.57. The van der Waals surface area contributed by atoms with E-state index < -0.39 is 4.92 Å². The van der Waals surface area contributed by atoms with Gasteiger partial charge in [-0.25, -0.2) is 0 Å². The number of anilines is 2. The first-order valence-electron chi connectivity index (χ1n) is 5.32. The van der Waals surface area contributed by atoms with Gasteiger partial charge >= 0.3 is 0 Å². The Morgan fingerprint density at radius 2 is 2.11 bits per heavy atom. The summed E-state index contributed by atoms with van der Waals surface area (Å²) in [7, 11) is 1.77. The molecule has 0 radical (unpaired) electrons. The standard InChI is InChI=1S/C11H13N5O2/c1-15-11(12)8(7-14-15)6-13-9-2-4-10(5-3-9)16(17)18/h2-5,7,13H,6,12H2,1H3. The van der Waals surface area contributed by atoms with Crippen molar-refractivity contribution in [3.63, 3.8) is 0 Å². The number of aryl methyl sites for hydroxylation is 1. The minimum absolute atomic E-state index is 0.0708. The van der Waals surface area contributed by atoms with Crippen LogP contribution in [0.4, 0.5) is 17.2 Å². The van der Waals surface area contributed by atoms with Gasteiger partial charge < -0.3 is 11.1 Å². The maximum absolute atomic E-state index is 10.5. The summed E-state index contributed by atoms with van der Waals surface area (Å²) in [6, 6.07) is 6.22. The Kier molecular flexibility index (Phi) is 3.13. The number of nitrogens with one attached hydrogen (secondary N) is 1. The number of benzene rings is 1. The molecule has 0 spiro atoms. The Morgan fingerprint density at radius 1 is 1.44 bits per heavy atom. The van der Waals surface area contributed by atoms with E-state index in [0.29, 0.717) is 12.4 Å². The molecule has 0 atom stereocenters. The molecule has 0 aliphatic rings. The van der Waals surface area contributed by atoms with Gasteiger partial charge in [0.25, 0.3) is 5.69 Å². The highest BCUT2D eigenvalue weighted by atomic mass is 16.6. The maximum Gasteiger partial charge on any atom is 0.269 e. The third-order valence-electron chi connectivity index (χ3n) is 2.63. The molecule has 7 heteroatoms. The SMILES string of the molecule is Cn1ncc(CNc2ccc([N+](=O)[O-])cc2)c1N. The normalized spacial score (nSPS) is 10.3. The lowest BCUT2D eigenvalue weighted by Crippen LogP contribution is -2.04. The zero-order valence-corrected chi connectivity index (χ0v) is 9.83. The highest BCUT2D eigenvalue weighted by Gasteiger charge is 2.06. The first kappa shape index (κ1) is 11.9. The highest BCUT2D eigenvalue weighted by Crippen LogP contribution is 2.17. The van der Waals surface area contributed by atoms with Gasteiger partial charge in [0, 0.05) is 37.0 Å². The number of rotatable bonds is 4. The van der Waals surface area contributed by atoms with Crippen molar-refractivity contribution in [2.45, 2.75) is 6.54 Å². The molecule has 0 bridgehead atoms. The first-order chi connectivity index (χ1) is 8.58. The van der Waals surface area contributed by atoms with E-state index in [9.17, 15) is 10.1 Å². The Labute approximate surface area is 103 Å². The summed E-state index contributed by atoms with van der Waals surface area (Å²) in [6.07, 6.45) is 1.69. The van der Waals surface area contributed by atoms with Crippen LogP contribution in [0.2, 0.25) is 0 Å². The van der Waals surface area contributed by atoms with E-state index in [4.69, 9.17) is 5.73 Å². The topological polar surface area (TPSA) is 99.0 Å². The largest absolute Gasteiger partial charge is 0.384 e. The predicted octanol–water partition coefficient (Wildman–Crippen LogP) is 1.52. The average molecular weight is 247 g/mol. The number of aromatic nitrogens is 2. The zero-order chi connectivity index (χ0) is 13.1. The van der Waals surface area contributed by atoms with Crippen molar-refractivity contribution in [1.82, 2.24) is 9.78 Å². The van der Waals surface area contributed by atoms with Crippen molar-refractivity contribution in [1.29, 1.82) is 0 Å². The van der Waals surface area contributed by atoms with E-state index in [0.717, 1.165) is 11.3 Å². The Bertz CT molecular complexity index is 561. The van der Waals surface area contributed by atoms with E-state index in [1.807, 2.05) is 0 Å². The molecule has 18 heavy (non-hydrogen) atoms. The van der Waals surface area contributed by atoms with Gasteiger partial charge in [0.05, 0.1) is 11.1 Å². The summed E-state index contributed by atoms with van der Waals surface area (Å²) in [5.41, 5.74) is 7.55. The molecule has 0 aliphatic heterocycles. The minimum atomic E-state index is -0.428. The summed E-state index contributed by atoms with van der Waals surface area (Å²) in [5, 5.41) is 17.7. The number of non-ortho nitro benzene ring substituents is 1. The monoisotopic (exact) mass is 247 g/mol. The van der Waals surface area contributed by atoms with Crippen LogP contribution in [0, 0.1) is 10.1 Å². The molecule has 2 rings (SSSR count). The number of hydrogen-bond donors (Lipinski definition) is 2. The van der Waals surface area contributed by atoms with Crippen molar-refractivity contribution in [2.24, 2.45) is 7.05 Å². The second-order valence-electron chi connectivity index (χ2n) is 3.84. The van der Waals surface area contributed by atoms with E-state index in [1.54, 1.807) is 30.1 Å². The van der Waals surface area contributed by atoms with Gasteiger partial charge in [0.2, 0.25) is 0 Å². The van der Waals surface area contributed by atoms with Crippen LogP contribution < -0.4 is 11.1 Å². The van der Waals surface area contributed by atoms with Gasteiger partial charge in [0.1, 0.15) is 5.82 Å². The van der Waals surface area contributed by atoms with Crippen molar-refractivity contribution in [3.8, 4) is 0 Å². The van der Waals surface area contributed by atoms with Crippen molar-refractivity contribution >= 4 is 17.2 Å². The second kappa shape index (κ2) is 4.74. The van der Waals surface area contributed by atoms with Crippen LogP contribution >= 0.6 is 0 Å². The highest BCUT2D eigenvalue weighted by molar-refractivity contribution is 5.50. The van der Waals surface area contributed by atoms with Gasteiger partial charge in [-0.1, -0.05) is 0 Å². The molecule has 0 amide bonds. The van der Waals surface area contributed by atoms with E-state index in [1.165, 1.54) is 12.1 Å². The van der Waals surface area contributed by atoms with Gasteiger partial charge in [-0.2, -0.15) is 5.10 Å². The molecule has 7 nitrogen and oxygen atoms in total. The Balaban J connectivity index is 2.02. The smallest absolute Gasteiger partial charge is 0.269 e. The van der Waals surface area contributed by atoms with E-state index in [-0.39, 0.29) is 5.69 Å². The molecule has 94 valence electrons. The quantitative estimate of drug-likeness (QED) is 0.630. The van der Waals surface area contributed by atoms with Crippen LogP contribution in [-0.4, -0.2) is 14.7 Å². The molecular formula is C11H13N5O2. The zero-order valence-electron chi connectivity index (χ0n) is 9.83. The molecule has 1 aromatic carbocycles. The first-order valence-corrected chi connectivity index (χ1v) is 5.32. The summed E-state index contributed by atoms with van der Waals surface area (Å²) < 4.78 is 1.59. The molecule has 1 heterocycles. The number of nitro benzene ring substituents is 1. The average Bonchev–Trinajstić information content (AvgIpc) is 2.68. The molecule has 2 aromatic rings. The number of hydrogen-bond acceptors (Lipinski definition) is 5. The third-order valence-corrected chi connectivity index (χ3v) is 2.63. The van der Waals surface area contributed by atoms with Gasteiger partial charge in [-0.05, 0) is 12.1 Å². The summed E-state index contributed by atoms with van der Waals surface area (Å²) in [4.78, 5) is 10.1. The van der Waals surface area contributed by atoms with Crippen LogP contribution in [0.25, 0.3) is 0 Å². The number of nitro groups is 1. The molecule has 1 aromatic heterocycles. The summed E-state index contributed by atoms with van der Waals surface area (Å²) in [5.74, 6) is 0.601.